The molecule has 0 spiro atoms. The molecule has 1 aliphatic rings. The number of aryl methyl sites for hydroxylation is 2. The Kier molecular flexibility index (Phi) is 4.81. The molecule has 0 bridgehead atoms. The molecule has 1 fully saturated rings. The minimum absolute atomic E-state index is 0.106. The van der Waals surface area contributed by atoms with Crippen LogP contribution in [0.2, 0.25) is 0 Å². The lowest BCUT2D eigenvalue weighted by molar-refractivity contribution is -0.122. The van der Waals surface area contributed by atoms with E-state index in [9.17, 15) is 9.90 Å². The molecule has 2 N–H and O–H groups in total. The van der Waals surface area contributed by atoms with Crippen molar-refractivity contribution in [3.63, 3.8) is 0 Å². The fourth-order valence-corrected chi connectivity index (χ4v) is 2.94. The molecule has 1 aliphatic carbocycles. The average Bonchev–Trinajstić information content (AvgIpc) is 2.64. The molecule has 0 aromatic carbocycles. The van der Waals surface area contributed by atoms with Crippen LogP contribution in [0.5, 0.6) is 0 Å². The summed E-state index contributed by atoms with van der Waals surface area (Å²) in [5, 5.41) is 16.9. The van der Waals surface area contributed by atoms with Gasteiger partial charge in [-0.05, 0) is 51.5 Å². The van der Waals surface area contributed by atoms with Gasteiger partial charge >= 0.3 is 0 Å². The molecule has 1 aromatic rings. The van der Waals surface area contributed by atoms with Crippen LogP contribution in [-0.4, -0.2) is 32.9 Å². The molecule has 20 heavy (non-hydrogen) atoms. The lowest BCUT2D eigenvalue weighted by Gasteiger charge is -2.26. The Morgan fingerprint density at radius 2 is 2.00 bits per heavy atom. The zero-order valence-electron chi connectivity index (χ0n) is 12.6. The third-order valence-corrected chi connectivity index (χ3v) is 4.32. The predicted octanol–water partition coefficient (Wildman–Crippen LogP) is 1.39. The molecular weight excluding hydrogens is 254 g/mol. The first kappa shape index (κ1) is 15.0. The van der Waals surface area contributed by atoms with Crippen LogP contribution in [0.3, 0.4) is 0 Å². The van der Waals surface area contributed by atoms with Crippen molar-refractivity contribution in [1.82, 2.24) is 15.1 Å². The highest BCUT2D eigenvalue weighted by atomic mass is 16.3. The molecule has 5 nitrogen and oxygen atoms in total. The van der Waals surface area contributed by atoms with E-state index in [2.05, 4.69) is 10.4 Å². The van der Waals surface area contributed by atoms with Gasteiger partial charge in [0.1, 0.15) is 0 Å². The minimum atomic E-state index is -0.177. The second-order valence-electron chi connectivity index (χ2n) is 5.85. The van der Waals surface area contributed by atoms with E-state index >= 15 is 0 Å². The SMILES string of the molecule is Cc1nn(C)c(C)c1CCC(=O)NC1CCC(O)CC1. The number of carbonyl (C=O) groups excluding carboxylic acids is 1. The quantitative estimate of drug-likeness (QED) is 0.875. The normalized spacial score (nSPS) is 22.8. The maximum absolute atomic E-state index is 12.0. The van der Waals surface area contributed by atoms with Gasteiger partial charge in [0.05, 0.1) is 11.8 Å². The Hall–Kier alpha value is -1.36. The summed E-state index contributed by atoms with van der Waals surface area (Å²) in [4.78, 5) is 12.0. The van der Waals surface area contributed by atoms with E-state index in [1.165, 1.54) is 5.56 Å². The third-order valence-electron chi connectivity index (χ3n) is 4.32. The van der Waals surface area contributed by atoms with Gasteiger partial charge in [0, 0.05) is 25.2 Å². The highest BCUT2D eigenvalue weighted by molar-refractivity contribution is 5.76. The van der Waals surface area contributed by atoms with Crippen LogP contribution < -0.4 is 5.32 Å². The van der Waals surface area contributed by atoms with Crippen molar-refractivity contribution in [2.24, 2.45) is 7.05 Å². The number of aliphatic hydroxyl groups is 1. The number of carbonyl (C=O) groups is 1. The van der Waals surface area contributed by atoms with Gasteiger partial charge in [-0.1, -0.05) is 0 Å². The van der Waals surface area contributed by atoms with E-state index < -0.39 is 0 Å². The molecule has 0 saturated heterocycles. The number of nitrogens with one attached hydrogen (secondary N) is 1. The Morgan fingerprint density at radius 1 is 1.35 bits per heavy atom. The van der Waals surface area contributed by atoms with E-state index in [-0.39, 0.29) is 18.1 Å². The molecule has 0 radical (unpaired) electrons. The van der Waals surface area contributed by atoms with Gasteiger partial charge < -0.3 is 10.4 Å². The molecule has 1 saturated carbocycles. The zero-order chi connectivity index (χ0) is 14.7. The summed E-state index contributed by atoms with van der Waals surface area (Å²) in [6, 6.07) is 0.238. The van der Waals surface area contributed by atoms with Crippen LogP contribution in [-0.2, 0) is 18.3 Å². The van der Waals surface area contributed by atoms with Crippen molar-refractivity contribution in [2.75, 3.05) is 0 Å². The Morgan fingerprint density at radius 3 is 2.55 bits per heavy atom. The van der Waals surface area contributed by atoms with E-state index in [1.807, 2.05) is 25.6 Å². The Balaban J connectivity index is 1.80. The van der Waals surface area contributed by atoms with Crippen molar-refractivity contribution in [3.8, 4) is 0 Å². The zero-order valence-corrected chi connectivity index (χ0v) is 12.6. The second kappa shape index (κ2) is 6.39. The van der Waals surface area contributed by atoms with Gasteiger partial charge in [0.25, 0.3) is 0 Å². The number of hydrogen-bond acceptors (Lipinski definition) is 3. The summed E-state index contributed by atoms with van der Waals surface area (Å²) in [7, 11) is 1.93. The van der Waals surface area contributed by atoms with Crippen molar-refractivity contribution < 1.29 is 9.90 Å². The smallest absolute Gasteiger partial charge is 0.220 e. The highest BCUT2D eigenvalue weighted by Gasteiger charge is 2.21. The fraction of sp³-hybridized carbons (Fsp3) is 0.733. The van der Waals surface area contributed by atoms with Crippen LogP contribution in [0.15, 0.2) is 0 Å². The van der Waals surface area contributed by atoms with Crippen molar-refractivity contribution >= 4 is 5.91 Å². The van der Waals surface area contributed by atoms with Gasteiger partial charge in [0.15, 0.2) is 0 Å². The van der Waals surface area contributed by atoms with Gasteiger partial charge in [-0.25, -0.2) is 0 Å². The van der Waals surface area contributed by atoms with Gasteiger partial charge in [-0.15, -0.1) is 0 Å². The molecular formula is C15H25N3O2. The number of aromatic nitrogens is 2. The van der Waals surface area contributed by atoms with Gasteiger partial charge in [0.2, 0.25) is 5.91 Å². The van der Waals surface area contributed by atoms with E-state index in [4.69, 9.17) is 0 Å². The summed E-state index contributed by atoms with van der Waals surface area (Å²) in [6.07, 6.45) is 4.44. The Labute approximate surface area is 120 Å². The predicted molar refractivity (Wildman–Crippen MR) is 77.4 cm³/mol. The van der Waals surface area contributed by atoms with Crippen LogP contribution in [0.4, 0.5) is 0 Å². The second-order valence-corrected chi connectivity index (χ2v) is 5.85. The van der Waals surface area contributed by atoms with Crippen LogP contribution in [0.25, 0.3) is 0 Å². The molecule has 1 heterocycles. The van der Waals surface area contributed by atoms with E-state index in [0.29, 0.717) is 6.42 Å². The van der Waals surface area contributed by atoms with Crippen molar-refractivity contribution in [2.45, 2.75) is 64.5 Å². The molecule has 0 aliphatic heterocycles. The minimum Gasteiger partial charge on any atom is -0.393 e. The van der Waals surface area contributed by atoms with Gasteiger partial charge in [-0.3, -0.25) is 9.48 Å². The molecule has 0 atom stereocenters. The topological polar surface area (TPSA) is 67.2 Å². The maximum atomic E-state index is 12.0. The summed E-state index contributed by atoms with van der Waals surface area (Å²) < 4.78 is 1.87. The average molecular weight is 279 g/mol. The summed E-state index contributed by atoms with van der Waals surface area (Å²) in [6.45, 7) is 4.03. The Bertz CT molecular complexity index is 474. The standard InChI is InChI=1S/C15H25N3O2/c1-10-14(11(2)18(3)17-10)8-9-15(20)16-12-4-6-13(19)7-5-12/h12-13,19H,4-9H2,1-3H3,(H,16,20). The first-order valence-electron chi connectivity index (χ1n) is 7.44. The molecule has 5 heteroatoms. The molecule has 1 amide bonds. The number of aliphatic hydroxyl groups excluding tert-OH is 1. The molecule has 2 rings (SSSR count). The monoisotopic (exact) mass is 279 g/mol. The summed E-state index contributed by atoms with van der Waals surface area (Å²) >= 11 is 0. The third kappa shape index (κ3) is 3.60. The maximum Gasteiger partial charge on any atom is 0.220 e. The lowest BCUT2D eigenvalue weighted by atomic mass is 9.93. The number of rotatable bonds is 4. The van der Waals surface area contributed by atoms with E-state index in [0.717, 1.165) is 43.5 Å². The summed E-state index contributed by atoms with van der Waals surface area (Å²) in [5.41, 5.74) is 3.33. The van der Waals surface area contributed by atoms with Crippen molar-refractivity contribution in [1.29, 1.82) is 0 Å². The van der Waals surface area contributed by atoms with Crippen LogP contribution >= 0.6 is 0 Å². The summed E-state index contributed by atoms with van der Waals surface area (Å²) in [5.74, 6) is 0.106. The molecule has 1 aromatic heterocycles. The number of amides is 1. The fourth-order valence-electron chi connectivity index (χ4n) is 2.94. The molecule has 112 valence electrons. The largest absolute Gasteiger partial charge is 0.393 e. The first-order valence-corrected chi connectivity index (χ1v) is 7.44. The van der Waals surface area contributed by atoms with Crippen molar-refractivity contribution in [3.05, 3.63) is 17.0 Å². The number of nitrogens with zero attached hydrogens (tertiary/aromatic N) is 2. The molecule has 0 unspecified atom stereocenters. The van der Waals surface area contributed by atoms with Crippen LogP contribution in [0.1, 0.15) is 49.1 Å². The highest BCUT2D eigenvalue weighted by Crippen LogP contribution is 2.19. The lowest BCUT2D eigenvalue weighted by Crippen LogP contribution is -2.38. The van der Waals surface area contributed by atoms with Gasteiger partial charge in [-0.2, -0.15) is 5.10 Å². The number of hydrogen-bond donors (Lipinski definition) is 2. The van der Waals surface area contributed by atoms with Crippen LogP contribution in [0, 0.1) is 13.8 Å². The first-order chi connectivity index (χ1) is 9.47. The van der Waals surface area contributed by atoms with E-state index in [1.54, 1.807) is 0 Å².